The van der Waals surface area contributed by atoms with E-state index in [-0.39, 0.29) is 29.4 Å². The number of hydrogen-bond donors (Lipinski definition) is 3. The minimum atomic E-state index is -0.873. The van der Waals surface area contributed by atoms with E-state index in [9.17, 15) is 4.79 Å². The molecule has 2 unspecified atom stereocenters. The molecule has 1 rings (SSSR count). The van der Waals surface area contributed by atoms with Crippen molar-refractivity contribution in [2.75, 3.05) is 19.8 Å². The second kappa shape index (κ2) is 6.00. The summed E-state index contributed by atoms with van der Waals surface area (Å²) in [5.41, 5.74) is 4.94. The SMILES string of the molecule is CCOC1CC(N)(C(=O)NCC(C)(C)CCO)C1(C)C. The first-order chi connectivity index (χ1) is 9.10. The van der Waals surface area contributed by atoms with Crippen molar-refractivity contribution in [1.29, 1.82) is 0 Å². The molecule has 1 saturated carbocycles. The third-order valence-corrected chi connectivity index (χ3v) is 4.75. The quantitative estimate of drug-likeness (QED) is 0.653. The van der Waals surface area contributed by atoms with Gasteiger partial charge in [0.15, 0.2) is 0 Å². The zero-order chi connectivity index (χ0) is 15.6. The standard InChI is InChI=1S/C15H30N2O3/c1-6-20-11-9-15(16,14(11,4)5)12(19)17-10-13(2,3)7-8-18/h11,18H,6-10,16H2,1-5H3,(H,17,19). The molecule has 0 radical (unpaired) electrons. The van der Waals surface area contributed by atoms with Crippen molar-refractivity contribution < 1.29 is 14.6 Å². The Labute approximate surface area is 122 Å². The first-order valence-corrected chi connectivity index (χ1v) is 7.40. The lowest BCUT2D eigenvalue weighted by molar-refractivity contribution is -0.171. The zero-order valence-corrected chi connectivity index (χ0v) is 13.5. The van der Waals surface area contributed by atoms with Gasteiger partial charge in [-0.3, -0.25) is 4.79 Å². The van der Waals surface area contributed by atoms with Gasteiger partial charge >= 0.3 is 0 Å². The molecule has 2 atom stereocenters. The van der Waals surface area contributed by atoms with Gasteiger partial charge in [-0.2, -0.15) is 0 Å². The molecule has 0 aromatic rings. The third-order valence-electron chi connectivity index (χ3n) is 4.75. The van der Waals surface area contributed by atoms with Crippen LogP contribution in [0, 0.1) is 10.8 Å². The number of nitrogens with one attached hydrogen (secondary N) is 1. The number of amides is 1. The molecule has 0 bridgehead atoms. The van der Waals surface area contributed by atoms with Gasteiger partial charge in [-0.25, -0.2) is 0 Å². The van der Waals surface area contributed by atoms with Crippen LogP contribution in [0.1, 0.15) is 47.5 Å². The van der Waals surface area contributed by atoms with Crippen LogP contribution in [0.5, 0.6) is 0 Å². The molecule has 0 aliphatic heterocycles. The zero-order valence-electron chi connectivity index (χ0n) is 13.5. The molecule has 0 saturated heterocycles. The molecule has 20 heavy (non-hydrogen) atoms. The fourth-order valence-electron chi connectivity index (χ4n) is 2.69. The van der Waals surface area contributed by atoms with E-state index < -0.39 is 5.54 Å². The van der Waals surface area contributed by atoms with Crippen molar-refractivity contribution >= 4 is 5.91 Å². The number of ether oxygens (including phenoxy) is 1. The fourth-order valence-corrected chi connectivity index (χ4v) is 2.69. The van der Waals surface area contributed by atoms with Gasteiger partial charge in [-0.15, -0.1) is 0 Å². The molecule has 1 fully saturated rings. The Morgan fingerprint density at radius 1 is 1.50 bits per heavy atom. The number of hydrogen-bond acceptors (Lipinski definition) is 4. The molecule has 1 aliphatic carbocycles. The number of carbonyl (C=O) groups is 1. The Balaban J connectivity index is 2.60. The van der Waals surface area contributed by atoms with E-state index in [4.69, 9.17) is 15.6 Å². The van der Waals surface area contributed by atoms with Crippen LogP contribution in [-0.2, 0) is 9.53 Å². The molecule has 0 spiro atoms. The van der Waals surface area contributed by atoms with Crippen LogP contribution in [0.15, 0.2) is 0 Å². The summed E-state index contributed by atoms with van der Waals surface area (Å²) in [6.07, 6.45) is 1.24. The molecular weight excluding hydrogens is 256 g/mol. The predicted molar refractivity (Wildman–Crippen MR) is 79.2 cm³/mol. The summed E-state index contributed by atoms with van der Waals surface area (Å²) in [5.74, 6) is -0.121. The maximum absolute atomic E-state index is 12.4. The number of aliphatic hydroxyl groups excluding tert-OH is 1. The minimum absolute atomic E-state index is 0.0358. The van der Waals surface area contributed by atoms with Crippen LogP contribution < -0.4 is 11.1 Å². The molecule has 118 valence electrons. The highest BCUT2D eigenvalue weighted by molar-refractivity contribution is 5.88. The second-order valence-corrected chi connectivity index (χ2v) is 7.16. The van der Waals surface area contributed by atoms with Gasteiger partial charge in [0, 0.05) is 31.6 Å². The van der Waals surface area contributed by atoms with Crippen LogP contribution in [-0.4, -0.2) is 42.4 Å². The van der Waals surface area contributed by atoms with Crippen molar-refractivity contribution in [3.63, 3.8) is 0 Å². The molecule has 5 heteroatoms. The first kappa shape index (κ1) is 17.4. The van der Waals surface area contributed by atoms with Crippen LogP contribution in [0.2, 0.25) is 0 Å². The highest BCUT2D eigenvalue weighted by Gasteiger charge is 2.62. The summed E-state index contributed by atoms with van der Waals surface area (Å²) in [6.45, 7) is 11.2. The van der Waals surface area contributed by atoms with E-state index in [0.29, 0.717) is 26.0 Å². The van der Waals surface area contributed by atoms with Crippen LogP contribution in [0.4, 0.5) is 0 Å². The van der Waals surface area contributed by atoms with E-state index in [2.05, 4.69) is 5.32 Å². The summed E-state index contributed by atoms with van der Waals surface area (Å²) < 4.78 is 5.63. The number of nitrogens with two attached hydrogens (primary N) is 1. The summed E-state index contributed by atoms with van der Waals surface area (Å²) in [6, 6.07) is 0. The van der Waals surface area contributed by atoms with Crippen molar-refractivity contribution in [3.8, 4) is 0 Å². The summed E-state index contributed by atoms with van der Waals surface area (Å²) in [5, 5.41) is 11.9. The average Bonchev–Trinajstić information content (AvgIpc) is 2.35. The number of aliphatic hydroxyl groups is 1. The van der Waals surface area contributed by atoms with Gasteiger partial charge < -0.3 is 20.9 Å². The topological polar surface area (TPSA) is 84.6 Å². The van der Waals surface area contributed by atoms with E-state index in [1.165, 1.54) is 0 Å². The molecule has 5 nitrogen and oxygen atoms in total. The molecule has 0 aromatic carbocycles. The summed E-state index contributed by atoms with van der Waals surface area (Å²) in [7, 11) is 0. The molecular formula is C15H30N2O3. The molecule has 0 aromatic heterocycles. The Morgan fingerprint density at radius 3 is 2.55 bits per heavy atom. The van der Waals surface area contributed by atoms with E-state index in [1.54, 1.807) is 0 Å². The van der Waals surface area contributed by atoms with Crippen LogP contribution >= 0.6 is 0 Å². The average molecular weight is 286 g/mol. The van der Waals surface area contributed by atoms with E-state index >= 15 is 0 Å². The molecule has 4 N–H and O–H groups in total. The first-order valence-electron chi connectivity index (χ1n) is 7.40. The maximum Gasteiger partial charge on any atom is 0.240 e. The minimum Gasteiger partial charge on any atom is -0.396 e. The van der Waals surface area contributed by atoms with Crippen molar-refractivity contribution in [2.24, 2.45) is 16.6 Å². The van der Waals surface area contributed by atoms with Gasteiger partial charge in [0.25, 0.3) is 0 Å². The summed E-state index contributed by atoms with van der Waals surface area (Å²) in [4.78, 5) is 12.4. The Morgan fingerprint density at radius 2 is 2.10 bits per heavy atom. The van der Waals surface area contributed by atoms with Crippen molar-refractivity contribution in [1.82, 2.24) is 5.32 Å². The smallest absolute Gasteiger partial charge is 0.240 e. The van der Waals surface area contributed by atoms with Crippen molar-refractivity contribution in [2.45, 2.75) is 59.1 Å². The summed E-state index contributed by atoms with van der Waals surface area (Å²) >= 11 is 0. The lowest BCUT2D eigenvalue weighted by Gasteiger charge is -2.57. The monoisotopic (exact) mass is 286 g/mol. The number of rotatable bonds is 7. The number of carbonyl (C=O) groups excluding carboxylic acids is 1. The highest BCUT2D eigenvalue weighted by atomic mass is 16.5. The van der Waals surface area contributed by atoms with Crippen LogP contribution in [0.25, 0.3) is 0 Å². The highest BCUT2D eigenvalue weighted by Crippen LogP contribution is 2.49. The normalized spacial score (nSPS) is 28.9. The lowest BCUT2D eigenvalue weighted by Crippen LogP contribution is -2.76. The predicted octanol–water partition coefficient (Wildman–Crippen LogP) is 1.04. The third kappa shape index (κ3) is 3.15. The second-order valence-electron chi connectivity index (χ2n) is 7.16. The van der Waals surface area contributed by atoms with Gasteiger partial charge in [-0.1, -0.05) is 27.7 Å². The van der Waals surface area contributed by atoms with Gasteiger partial charge in [-0.05, 0) is 18.8 Å². The Hall–Kier alpha value is -0.650. The molecule has 1 aliphatic rings. The van der Waals surface area contributed by atoms with Gasteiger partial charge in [0.2, 0.25) is 5.91 Å². The maximum atomic E-state index is 12.4. The van der Waals surface area contributed by atoms with Crippen molar-refractivity contribution in [3.05, 3.63) is 0 Å². The lowest BCUT2D eigenvalue weighted by atomic mass is 9.54. The van der Waals surface area contributed by atoms with E-state index in [0.717, 1.165) is 0 Å². The fraction of sp³-hybridized carbons (Fsp3) is 0.933. The van der Waals surface area contributed by atoms with E-state index in [1.807, 2.05) is 34.6 Å². The largest absolute Gasteiger partial charge is 0.396 e. The van der Waals surface area contributed by atoms with Gasteiger partial charge in [0.1, 0.15) is 5.54 Å². The molecule has 0 heterocycles. The molecule has 1 amide bonds. The van der Waals surface area contributed by atoms with Crippen LogP contribution in [0.3, 0.4) is 0 Å². The van der Waals surface area contributed by atoms with Gasteiger partial charge in [0.05, 0.1) is 6.10 Å². The Bertz CT molecular complexity index is 355. The Kier molecular flexibility index (Phi) is 5.22.